The van der Waals surface area contributed by atoms with Crippen molar-refractivity contribution in [1.82, 2.24) is 0 Å². The molecule has 2 nitrogen and oxygen atoms in total. The number of halogens is 1. The first-order valence-corrected chi connectivity index (χ1v) is 4.48. The number of benzene rings is 1. The molecule has 0 aromatic heterocycles. The maximum atomic E-state index is 5.75. The SMILES string of the molecule is C#CCO/N=C(\C)c1ccc(Cl)cc1. The highest BCUT2D eigenvalue weighted by molar-refractivity contribution is 6.30. The fourth-order valence-electron chi connectivity index (χ4n) is 0.910. The second-order valence-corrected chi connectivity index (χ2v) is 3.10. The summed E-state index contributed by atoms with van der Waals surface area (Å²) >= 11 is 5.75. The van der Waals surface area contributed by atoms with Crippen LogP contribution >= 0.6 is 11.6 Å². The largest absolute Gasteiger partial charge is 0.382 e. The van der Waals surface area contributed by atoms with Crippen LogP contribution in [0.3, 0.4) is 0 Å². The van der Waals surface area contributed by atoms with Crippen LogP contribution in [-0.4, -0.2) is 12.3 Å². The summed E-state index contributed by atoms with van der Waals surface area (Å²) in [6.07, 6.45) is 5.01. The standard InChI is InChI=1S/C11H10ClNO/c1-3-8-14-13-9(2)10-4-6-11(12)7-5-10/h1,4-7H,8H2,2H3/b13-9+. The molecule has 0 bridgehead atoms. The molecule has 0 spiro atoms. The van der Waals surface area contributed by atoms with Crippen molar-refractivity contribution < 1.29 is 4.84 Å². The first-order valence-electron chi connectivity index (χ1n) is 4.10. The Balaban J connectivity index is 2.70. The van der Waals surface area contributed by atoms with Gasteiger partial charge in [0, 0.05) is 5.02 Å². The van der Waals surface area contributed by atoms with Crippen LogP contribution in [-0.2, 0) is 4.84 Å². The number of terminal acetylenes is 1. The van der Waals surface area contributed by atoms with Gasteiger partial charge >= 0.3 is 0 Å². The van der Waals surface area contributed by atoms with E-state index in [1.165, 1.54) is 0 Å². The molecule has 14 heavy (non-hydrogen) atoms. The lowest BCUT2D eigenvalue weighted by Crippen LogP contribution is -1.96. The molecule has 3 heteroatoms. The quantitative estimate of drug-likeness (QED) is 0.323. The molecule has 0 unspecified atom stereocenters. The Labute approximate surface area is 88.5 Å². The lowest BCUT2D eigenvalue weighted by Gasteiger charge is -1.99. The Morgan fingerprint density at radius 3 is 2.71 bits per heavy atom. The molecule has 0 saturated carbocycles. The number of nitrogens with zero attached hydrogens (tertiary/aromatic N) is 1. The first-order chi connectivity index (χ1) is 6.74. The van der Waals surface area contributed by atoms with Gasteiger partial charge in [-0.15, -0.1) is 6.42 Å². The molecule has 0 aliphatic rings. The van der Waals surface area contributed by atoms with E-state index in [9.17, 15) is 0 Å². The molecule has 0 atom stereocenters. The van der Waals surface area contributed by atoms with Gasteiger partial charge in [0.25, 0.3) is 0 Å². The molecule has 0 saturated heterocycles. The molecule has 72 valence electrons. The Morgan fingerprint density at radius 1 is 1.50 bits per heavy atom. The van der Waals surface area contributed by atoms with Gasteiger partial charge in [0.05, 0.1) is 5.71 Å². The van der Waals surface area contributed by atoms with Gasteiger partial charge in [-0.25, -0.2) is 0 Å². The van der Waals surface area contributed by atoms with Crippen LogP contribution in [0, 0.1) is 12.3 Å². The highest BCUT2D eigenvalue weighted by Gasteiger charge is 1.96. The molecule has 0 radical (unpaired) electrons. The third-order valence-corrected chi connectivity index (χ3v) is 1.86. The summed E-state index contributed by atoms with van der Waals surface area (Å²) in [7, 11) is 0. The van der Waals surface area contributed by atoms with E-state index in [1.54, 1.807) is 12.1 Å². The summed E-state index contributed by atoms with van der Waals surface area (Å²) in [5.41, 5.74) is 1.74. The van der Waals surface area contributed by atoms with Crippen molar-refractivity contribution in [1.29, 1.82) is 0 Å². The van der Waals surface area contributed by atoms with Crippen molar-refractivity contribution >= 4 is 17.3 Å². The van der Waals surface area contributed by atoms with Crippen molar-refractivity contribution in [3.05, 3.63) is 34.9 Å². The molecule has 0 aliphatic heterocycles. The predicted molar refractivity (Wildman–Crippen MR) is 58.4 cm³/mol. The summed E-state index contributed by atoms with van der Waals surface area (Å²) in [5, 5.41) is 4.54. The van der Waals surface area contributed by atoms with Gasteiger partial charge in [0.2, 0.25) is 0 Å². The number of hydrogen-bond acceptors (Lipinski definition) is 2. The van der Waals surface area contributed by atoms with Gasteiger partial charge in [-0.2, -0.15) is 0 Å². The van der Waals surface area contributed by atoms with Gasteiger partial charge < -0.3 is 4.84 Å². The molecule has 0 fully saturated rings. The van der Waals surface area contributed by atoms with E-state index < -0.39 is 0 Å². The normalized spacial score (nSPS) is 10.8. The van der Waals surface area contributed by atoms with Crippen LogP contribution in [0.1, 0.15) is 12.5 Å². The van der Waals surface area contributed by atoms with E-state index in [0.717, 1.165) is 11.3 Å². The van der Waals surface area contributed by atoms with Crippen LogP contribution in [0.5, 0.6) is 0 Å². The third kappa shape index (κ3) is 3.12. The lowest BCUT2D eigenvalue weighted by molar-refractivity contribution is 0.180. The van der Waals surface area contributed by atoms with Gasteiger partial charge in [-0.1, -0.05) is 34.8 Å². The molecule has 0 N–H and O–H groups in total. The van der Waals surface area contributed by atoms with Crippen LogP contribution in [0.15, 0.2) is 29.4 Å². The van der Waals surface area contributed by atoms with Crippen LogP contribution in [0.2, 0.25) is 5.02 Å². The number of hydrogen-bond donors (Lipinski definition) is 0. The minimum atomic E-state index is 0.185. The number of oxime groups is 1. The van der Waals surface area contributed by atoms with Crippen molar-refractivity contribution in [3.8, 4) is 12.3 Å². The van der Waals surface area contributed by atoms with Gasteiger partial charge in [-0.05, 0) is 24.6 Å². The molecule has 0 heterocycles. The van der Waals surface area contributed by atoms with Gasteiger partial charge in [0.1, 0.15) is 0 Å². The minimum Gasteiger partial charge on any atom is -0.382 e. The van der Waals surface area contributed by atoms with Crippen LogP contribution < -0.4 is 0 Å². The zero-order valence-electron chi connectivity index (χ0n) is 7.83. The van der Waals surface area contributed by atoms with Crippen LogP contribution in [0.25, 0.3) is 0 Å². The average Bonchev–Trinajstić information content (AvgIpc) is 2.19. The second-order valence-electron chi connectivity index (χ2n) is 2.66. The maximum absolute atomic E-state index is 5.75. The molecule has 1 aromatic carbocycles. The Morgan fingerprint density at radius 2 is 2.14 bits per heavy atom. The molecular weight excluding hydrogens is 198 g/mol. The summed E-state index contributed by atoms with van der Waals surface area (Å²) in [4.78, 5) is 4.85. The summed E-state index contributed by atoms with van der Waals surface area (Å²) in [6.45, 7) is 2.03. The Kier molecular flexibility index (Phi) is 4.03. The van der Waals surface area contributed by atoms with E-state index >= 15 is 0 Å². The van der Waals surface area contributed by atoms with E-state index in [0.29, 0.717) is 5.02 Å². The molecule has 1 aromatic rings. The average molecular weight is 208 g/mol. The number of rotatable bonds is 3. The summed E-state index contributed by atoms with van der Waals surface area (Å²) in [5.74, 6) is 2.33. The molecule has 1 rings (SSSR count). The highest BCUT2D eigenvalue weighted by Crippen LogP contribution is 2.10. The summed E-state index contributed by atoms with van der Waals surface area (Å²) < 4.78 is 0. The second kappa shape index (κ2) is 5.31. The first kappa shape index (κ1) is 10.6. The van der Waals surface area contributed by atoms with Gasteiger partial charge in [0.15, 0.2) is 6.61 Å². The van der Waals surface area contributed by atoms with Crippen molar-refractivity contribution in [2.45, 2.75) is 6.92 Å². The fraction of sp³-hybridized carbons (Fsp3) is 0.182. The Bertz CT molecular complexity index is 362. The van der Waals surface area contributed by atoms with Crippen molar-refractivity contribution in [3.63, 3.8) is 0 Å². The van der Waals surface area contributed by atoms with E-state index in [2.05, 4.69) is 11.1 Å². The third-order valence-electron chi connectivity index (χ3n) is 1.61. The van der Waals surface area contributed by atoms with E-state index in [1.807, 2.05) is 19.1 Å². The lowest BCUT2D eigenvalue weighted by atomic mass is 10.1. The topological polar surface area (TPSA) is 21.6 Å². The minimum absolute atomic E-state index is 0.185. The van der Waals surface area contributed by atoms with Crippen molar-refractivity contribution in [2.75, 3.05) is 6.61 Å². The highest BCUT2D eigenvalue weighted by atomic mass is 35.5. The summed E-state index contributed by atoms with van der Waals surface area (Å²) in [6, 6.07) is 7.36. The predicted octanol–water partition coefficient (Wildman–Crippen LogP) is 2.71. The zero-order valence-corrected chi connectivity index (χ0v) is 8.58. The van der Waals surface area contributed by atoms with Crippen LogP contribution in [0.4, 0.5) is 0 Å². The van der Waals surface area contributed by atoms with E-state index in [4.69, 9.17) is 22.9 Å². The van der Waals surface area contributed by atoms with Crippen molar-refractivity contribution in [2.24, 2.45) is 5.16 Å². The molecule has 0 amide bonds. The van der Waals surface area contributed by atoms with Gasteiger partial charge in [-0.3, -0.25) is 0 Å². The molecular formula is C11H10ClNO. The smallest absolute Gasteiger partial charge is 0.177 e. The molecule has 0 aliphatic carbocycles. The zero-order chi connectivity index (χ0) is 10.4. The monoisotopic (exact) mass is 207 g/mol. The fourth-order valence-corrected chi connectivity index (χ4v) is 1.04. The maximum Gasteiger partial charge on any atom is 0.177 e. The van der Waals surface area contributed by atoms with E-state index in [-0.39, 0.29) is 6.61 Å². The Hall–Kier alpha value is -1.46.